The molecule has 0 radical (unpaired) electrons. The van der Waals surface area contributed by atoms with Crippen LogP contribution in [-0.4, -0.2) is 34.1 Å². The molecule has 0 aromatic heterocycles. The first-order valence-corrected chi connectivity index (χ1v) is 7.72. The van der Waals surface area contributed by atoms with E-state index in [1.54, 1.807) is 13.0 Å². The molecule has 2 rings (SSSR count). The lowest BCUT2D eigenvalue weighted by Gasteiger charge is -2.41. The van der Waals surface area contributed by atoms with Crippen LogP contribution in [0.3, 0.4) is 0 Å². The van der Waals surface area contributed by atoms with Crippen molar-refractivity contribution in [1.82, 2.24) is 4.90 Å². The lowest BCUT2D eigenvalue weighted by Crippen LogP contribution is -2.58. The van der Waals surface area contributed by atoms with Gasteiger partial charge in [-0.25, -0.2) is 9.59 Å². The number of anilines is 1. The minimum atomic E-state index is -1.13. The van der Waals surface area contributed by atoms with Gasteiger partial charge in [-0.3, -0.25) is 0 Å². The van der Waals surface area contributed by atoms with Crippen LogP contribution in [0.5, 0.6) is 0 Å². The van der Waals surface area contributed by atoms with E-state index in [1.165, 1.54) is 4.90 Å². The molecular formula is C15H19BrN2O3. The molecule has 0 saturated carbocycles. The van der Waals surface area contributed by atoms with E-state index in [-0.39, 0.29) is 6.03 Å². The number of carbonyl (C=O) groups excluding carboxylic acids is 1. The molecule has 0 aliphatic carbocycles. The van der Waals surface area contributed by atoms with Crippen molar-refractivity contribution in [1.29, 1.82) is 0 Å². The van der Waals surface area contributed by atoms with Gasteiger partial charge in [0.2, 0.25) is 0 Å². The number of rotatable bonds is 2. The minimum Gasteiger partial charge on any atom is -0.480 e. The Bertz CT molecular complexity index is 576. The summed E-state index contributed by atoms with van der Waals surface area (Å²) in [6, 6.07) is 5.15. The number of aliphatic carboxylic acids is 1. The lowest BCUT2D eigenvalue weighted by molar-refractivity contribution is -0.150. The maximum atomic E-state index is 12.4. The van der Waals surface area contributed by atoms with Crippen molar-refractivity contribution < 1.29 is 14.7 Å². The molecule has 2 N–H and O–H groups in total. The van der Waals surface area contributed by atoms with Crippen LogP contribution in [0.4, 0.5) is 10.5 Å². The van der Waals surface area contributed by atoms with Crippen molar-refractivity contribution >= 4 is 33.6 Å². The Morgan fingerprint density at radius 2 is 2.10 bits per heavy atom. The Kier molecular flexibility index (Phi) is 4.56. The molecule has 1 saturated heterocycles. The Hall–Kier alpha value is -1.56. The molecule has 114 valence electrons. The molecular weight excluding hydrogens is 336 g/mol. The number of carboxylic acids is 1. The molecule has 1 unspecified atom stereocenters. The molecule has 0 bridgehead atoms. The highest BCUT2D eigenvalue weighted by Crippen LogP contribution is 2.29. The van der Waals surface area contributed by atoms with Crippen molar-refractivity contribution in [3.8, 4) is 0 Å². The lowest BCUT2D eigenvalue weighted by atomic mass is 9.89. The quantitative estimate of drug-likeness (QED) is 0.851. The predicted molar refractivity (Wildman–Crippen MR) is 84.5 cm³/mol. The van der Waals surface area contributed by atoms with Crippen molar-refractivity contribution in [3.05, 3.63) is 28.2 Å². The molecule has 1 aromatic carbocycles. The summed E-state index contributed by atoms with van der Waals surface area (Å²) in [4.78, 5) is 25.4. The van der Waals surface area contributed by atoms with E-state index in [0.29, 0.717) is 18.7 Å². The molecule has 21 heavy (non-hydrogen) atoms. The average Bonchev–Trinajstić information content (AvgIpc) is 2.43. The predicted octanol–water partition coefficient (Wildman–Crippen LogP) is 3.62. The topological polar surface area (TPSA) is 69.6 Å². The summed E-state index contributed by atoms with van der Waals surface area (Å²) < 4.78 is 0.903. The number of benzene rings is 1. The number of aryl methyl sites for hydroxylation is 1. The van der Waals surface area contributed by atoms with Crippen LogP contribution in [0, 0.1) is 6.92 Å². The van der Waals surface area contributed by atoms with Crippen molar-refractivity contribution in [3.63, 3.8) is 0 Å². The van der Waals surface area contributed by atoms with Crippen LogP contribution in [-0.2, 0) is 4.79 Å². The number of nitrogens with zero attached hydrogens (tertiary/aromatic N) is 1. The molecule has 0 spiro atoms. The maximum absolute atomic E-state index is 12.4. The van der Waals surface area contributed by atoms with E-state index in [9.17, 15) is 14.7 Å². The van der Waals surface area contributed by atoms with E-state index in [4.69, 9.17) is 0 Å². The maximum Gasteiger partial charge on any atom is 0.329 e. The number of nitrogens with one attached hydrogen (secondary N) is 1. The highest BCUT2D eigenvalue weighted by molar-refractivity contribution is 9.10. The Balaban J connectivity index is 2.18. The highest BCUT2D eigenvalue weighted by Gasteiger charge is 2.43. The van der Waals surface area contributed by atoms with E-state index in [2.05, 4.69) is 21.2 Å². The number of carbonyl (C=O) groups is 2. The fraction of sp³-hybridized carbons (Fsp3) is 0.467. The summed E-state index contributed by atoms with van der Waals surface area (Å²) in [7, 11) is 0. The molecule has 1 aliphatic heterocycles. The second-order valence-corrected chi connectivity index (χ2v) is 6.44. The zero-order valence-electron chi connectivity index (χ0n) is 12.1. The van der Waals surface area contributed by atoms with E-state index in [0.717, 1.165) is 22.9 Å². The zero-order chi connectivity index (χ0) is 15.6. The number of halogens is 1. The van der Waals surface area contributed by atoms with Gasteiger partial charge >= 0.3 is 12.0 Å². The SMILES string of the molecule is Cc1ccc(NC(=O)N2CCCCC2(C)C(=O)O)cc1Br. The molecule has 1 fully saturated rings. The van der Waals surface area contributed by atoms with Crippen molar-refractivity contribution in [2.24, 2.45) is 0 Å². The van der Waals surface area contributed by atoms with Crippen LogP contribution in [0.1, 0.15) is 31.7 Å². The molecule has 1 heterocycles. The third-order valence-electron chi connectivity index (χ3n) is 4.02. The van der Waals surface area contributed by atoms with Crippen LogP contribution < -0.4 is 5.32 Å². The number of piperidine rings is 1. The molecule has 1 aromatic rings. The smallest absolute Gasteiger partial charge is 0.329 e. The van der Waals surface area contributed by atoms with Gasteiger partial charge in [0, 0.05) is 16.7 Å². The van der Waals surface area contributed by atoms with Gasteiger partial charge < -0.3 is 15.3 Å². The van der Waals surface area contributed by atoms with Gasteiger partial charge in [0.1, 0.15) is 5.54 Å². The van der Waals surface area contributed by atoms with Crippen LogP contribution in [0.15, 0.2) is 22.7 Å². The fourth-order valence-electron chi connectivity index (χ4n) is 2.53. The average molecular weight is 355 g/mol. The van der Waals surface area contributed by atoms with Gasteiger partial charge in [-0.2, -0.15) is 0 Å². The number of amides is 2. The van der Waals surface area contributed by atoms with E-state index >= 15 is 0 Å². The third kappa shape index (κ3) is 3.20. The Labute approximate surface area is 132 Å². The van der Waals surface area contributed by atoms with Crippen LogP contribution >= 0.6 is 15.9 Å². The standard InChI is InChI=1S/C15H19BrN2O3/c1-10-5-6-11(9-12(10)16)17-14(21)18-8-4-3-7-15(18,2)13(19)20/h5-6,9H,3-4,7-8H2,1-2H3,(H,17,21)(H,19,20). The minimum absolute atomic E-state index is 0.365. The first kappa shape index (κ1) is 15.8. The molecule has 6 heteroatoms. The van der Waals surface area contributed by atoms with Gasteiger partial charge in [-0.1, -0.05) is 22.0 Å². The summed E-state index contributed by atoms with van der Waals surface area (Å²) in [5.41, 5.74) is 0.585. The number of carboxylic acid groups (broad SMARTS) is 1. The summed E-state index contributed by atoms with van der Waals surface area (Å²) in [5.74, 6) is -0.956. The summed E-state index contributed by atoms with van der Waals surface area (Å²) >= 11 is 3.42. The zero-order valence-corrected chi connectivity index (χ0v) is 13.7. The first-order valence-electron chi connectivity index (χ1n) is 6.93. The van der Waals surface area contributed by atoms with Gasteiger partial charge in [0.25, 0.3) is 0 Å². The molecule has 2 amide bonds. The van der Waals surface area contributed by atoms with Crippen LogP contribution in [0.2, 0.25) is 0 Å². The normalized spacial score (nSPS) is 22.0. The number of likely N-dealkylation sites (tertiary alicyclic amines) is 1. The largest absolute Gasteiger partial charge is 0.480 e. The molecule has 5 nitrogen and oxygen atoms in total. The molecule has 1 aliphatic rings. The number of urea groups is 1. The van der Waals surface area contributed by atoms with E-state index in [1.807, 2.05) is 19.1 Å². The highest BCUT2D eigenvalue weighted by atomic mass is 79.9. The third-order valence-corrected chi connectivity index (χ3v) is 4.87. The van der Waals surface area contributed by atoms with Gasteiger partial charge in [-0.15, -0.1) is 0 Å². The van der Waals surface area contributed by atoms with Gasteiger partial charge in [-0.05, 0) is 50.8 Å². The summed E-state index contributed by atoms with van der Waals surface area (Å²) in [6.45, 7) is 4.03. The van der Waals surface area contributed by atoms with Gasteiger partial charge in [0.15, 0.2) is 0 Å². The second kappa shape index (κ2) is 6.05. The first-order chi connectivity index (χ1) is 9.84. The summed E-state index contributed by atoms with van der Waals surface area (Å²) in [5, 5.41) is 12.2. The van der Waals surface area contributed by atoms with E-state index < -0.39 is 11.5 Å². The Morgan fingerprint density at radius 1 is 1.38 bits per heavy atom. The fourth-order valence-corrected chi connectivity index (χ4v) is 2.91. The Morgan fingerprint density at radius 3 is 2.71 bits per heavy atom. The summed E-state index contributed by atoms with van der Waals surface area (Å²) in [6.07, 6.45) is 2.13. The monoisotopic (exact) mass is 354 g/mol. The second-order valence-electron chi connectivity index (χ2n) is 5.58. The van der Waals surface area contributed by atoms with Crippen molar-refractivity contribution in [2.45, 2.75) is 38.6 Å². The molecule has 1 atom stereocenters. The number of hydrogen-bond donors (Lipinski definition) is 2. The van der Waals surface area contributed by atoms with Gasteiger partial charge in [0.05, 0.1) is 0 Å². The van der Waals surface area contributed by atoms with Crippen LogP contribution in [0.25, 0.3) is 0 Å². The number of hydrogen-bond acceptors (Lipinski definition) is 2. The van der Waals surface area contributed by atoms with Crippen molar-refractivity contribution in [2.75, 3.05) is 11.9 Å².